The molecule has 0 bridgehead atoms. The molecule has 15 heavy (non-hydrogen) atoms. The highest BCUT2D eigenvalue weighted by atomic mass is 35.5. The van der Waals surface area contributed by atoms with Crippen molar-refractivity contribution in [2.24, 2.45) is 0 Å². The van der Waals surface area contributed by atoms with Crippen molar-refractivity contribution in [2.45, 2.75) is 20.5 Å². The fraction of sp³-hybridized carbons (Fsp3) is 0.333. The first-order valence-electron chi connectivity index (χ1n) is 4.79. The molecule has 82 valence electrons. The summed E-state index contributed by atoms with van der Waals surface area (Å²) >= 11 is 5.80. The van der Waals surface area contributed by atoms with Gasteiger partial charge in [0, 0.05) is 10.6 Å². The van der Waals surface area contributed by atoms with Crippen LogP contribution in [0.2, 0.25) is 5.02 Å². The van der Waals surface area contributed by atoms with Gasteiger partial charge in [-0.15, -0.1) is 0 Å². The molecule has 0 amide bonds. The van der Waals surface area contributed by atoms with Gasteiger partial charge in [0.25, 0.3) is 0 Å². The van der Waals surface area contributed by atoms with Gasteiger partial charge in [-0.1, -0.05) is 17.2 Å². The zero-order valence-electron chi connectivity index (χ0n) is 8.96. The van der Waals surface area contributed by atoms with Gasteiger partial charge in [-0.25, -0.2) is 0 Å². The molecule has 0 aliphatic rings. The first-order valence-corrected chi connectivity index (χ1v) is 5.16. The molecule has 0 radical (unpaired) electrons. The highest BCUT2D eigenvalue weighted by Crippen LogP contribution is 2.22. The van der Waals surface area contributed by atoms with Crippen molar-refractivity contribution in [1.29, 1.82) is 0 Å². The molecule has 2 nitrogen and oxygen atoms in total. The maximum atomic E-state index is 9.10. The number of hydrogen-bond acceptors (Lipinski definition) is 2. The van der Waals surface area contributed by atoms with E-state index in [0.717, 1.165) is 0 Å². The fourth-order valence-electron chi connectivity index (χ4n) is 1.11. The highest BCUT2D eigenvalue weighted by Gasteiger charge is 2.02. The number of halogens is 1. The second kappa shape index (κ2) is 5.79. The Balaban J connectivity index is 2.72. The molecule has 1 aromatic rings. The zero-order valence-corrected chi connectivity index (χ0v) is 9.71. The number of aliphatic hydroxyl groups is 1. The van der Waals surface area contributed by atoms with Gasteiger partial charge < -0.3 is 9.84 Å². The molecule has 0 unspecified atom stereocenters. The number of aliphatic hydroxyl groups excluding tert-OH is 1. The number of ether oxygens (including phenoxy) is 1. The van der Waals surface area contributed by atoms with E-state index in [1.165, 1.54) is 5.57 Å². The third-order valence-electron chi connectivity index (χ3n) is 1.92. The predicted octanol–water partition coefficient (Wildman–Crippen LogP) is 3.18. The van der Waals surface area contributed by atoms with Gasteiger partial charge in [-0.05, 0) is 38.1 Å². The Morgan fingerprint density at radius 1 is 1.47 bits per heavy atom. The molecule has 0 aliphatic heterocycles. The van der Waals surface area contributed by atoms with Crippen molar-refractivity contribution < 1.29 is 9.84 Å². The SMILES string of the molecule is CC(C)=CCOc1ccc(Cl)cc1CO. The van der Waals surface area contributed by atoms with Crippen molar-refractivity contribution in [2.75, 3.05) is 6.61 Å². The van der Waals surface area contributed by atoms with E-state index in [9.17, 15) is 0 Å². The molecule has 0 atom stereocenters. The van der Waals surface area contributed by atoms with Crippen LogP contribution in [0.25, 0.3) is 0 Å². The van der Waals surface area contributed by atoms with E-state index in [1.54, 1.807) is 18.2 Å². The minimum atomic E-state index is -0.0648. The second-order valence-corrected chi connectivity index (χ2v) is 3.94. The van der Waals surface area contributed by atoms with Crippen LogP contribution >= 0.6 is 11.6 Å². The average molecular weight is 227 g/mol. The molecule has 0 fully saturated rings. The van der Waals surface area contributed by atoms with Gasteiger partial charge in [0.1, 0.15) is 12.4 Å². The van der Waals surface area contributed by atoms with Crippen molar-refractivity contribution in [3.8, 4) is 5.75 Å². The van der Waals surface area contributed by atoms with Crippen molar-refractivity contribution in [1.82, 2.24) is 0 Å². The van der Waals surface area contributed by atoms with Gasteiger partial charge in [-0.2, -0.15) is 0 Å². The molecular formula is C12H15ClO2. The third-order valence-corrected chi connectivity index (χ3v) is 2.16. The number of allylic oxidation sites excluding steroid dienone is 1. The predicted molar refractivity (Wildman–Crippen MR) is 62.3 cm³/mol. The van der Waals surface area contributed by atoms with Gasteiger partial charge in [0.15, 0.2) is 0 Å². The summed E-state index contributed by atoms with van der Waals surface area (Å²) in [4.78, 5) is 0. The van der Waals surface area contributed by atoms with Crippen LogP contribution in [0, 0.1) is 0 Å². The highest BCUT2D eigenvalue weighted by molar-refractivity contribution is 6.30. The molecule has 0 spiro atoms. The zero-order chi connectivity index (χ0) is 11.3. The standard InChI is InChI=1S/C12H15ClO2/c1-9(2)5-6-15-12-4-3-11(13)7-10(12)8-14/h3-5,7,14H,6,8H2,1-2H3. The van der Waals surface area contributed by atoms with Crippen LogP contribution in [0.5, 0.6) is 5.75 Å². The van der Waals surface area contributed by atoms with Gasteiger partial charge >= 0.3 is 0 Å². The Kier molecular flexibility index (Phi) is 4.66. The van der Waals surface area contributed by atoms with Gasteiger partial charge in [-0.3, -0.25) is 0 Å². The minimum Gasteiger partial charge on any atom is -0.489 e. The summed E-state index contributed by atoms with van der Waals surface area (Å²) < 4.78 is 5.50. The summed E-state index contributed by atoms with van der Waals surface area (Å²) in [5, 5.41) is 9.70. The fourth-order valence-corrected chi connectivity index (χ4v) is 1.31. The summed E-state index contributed by atoms with van der Waals surface area (Å²) in [7, 11) is 0. The topological polar surface area (TPSA) is 29.5 Å². The Hall–Kier alpha value is -0.990. The Morgan fingerprint density at radius 3 is 2.80 bits per heavy atom. The summed E-state index contributed by atoms with van der Waals surface area (Å²) in [6, 6.07) is 5.23. The lowest BCUT2D eigenvalue weighted by atomic mass is 10.2. The van der Waals surface area contributed by atoms with E-state index in [2.05, 4.69) is 0 Å². The average Bonchev–Trinajstić information content (AvgIpc) is 2.19. The van der Waals surface area contributed by atoms with Crippen LogP contribution in [0.3, 0.4) is 0 Å². The quantitative estimate of drug-likeness (QED) is 0.800. The van der Waals surface area contributed by atoms with E-state index in [0.29, 0.717) is 22.9 Å². The molecular weight excluding hydrogens is 212 g/mol. The molecule has 0 saturated heterocycles. The molecule has 0 saturated carbocycles. The third kappa shape index (κ3) is 3.94. The van der Waals surface area contributed by atoms with Crippen LogP contribution < -0.4 is 4.74 Å². The maximum Gasteiger partial charge on any atom is 0.125 e. The molecule has 0 heterocycles. The molecule has 0 aliphatic carbocycles. The minimum absolute atomic E-state index is 0.0648. The lowest BCUT2D eigenvalue weighted by molar-refractivity contribution is 0.270. The normalized spacial score (nSPS) is 9.87. The summed E-state index contributed by atoms with van der Waals surface area (Å²) in [6.45, 7) is 4.47. The Labute approximate surface area is 95.1 Å². The van der Waals surface area contributed by atoms with Gasteiger partial charge in [0.2, 0.25) is 0 Å². The summed E-state index contributed by atoms with van der Waals surface area (Å²) in [6.07, 6.45) is 1.98. The first kappa shape index (κ1) is 12.1. The van der Waals surface area contributed by atoms with Crippen LogP contribution in [-0.2, 0) is 6.61 Å². The van der Waals surface area contributed by atoms with E-state index >= 15 is 0 Å². The lowest BCUT2D eigenvalue weighted by Crippen LogP contribution is -1.98. The van der Waals surface area contributed by atoms with E-state index in [-0.39, 0.29) is 6.61 Å². The molecule has 1 N–H and O–H groups in total. The molecule has 1 rings (SSSR count). The first-order chi connectivity index (χ1) is 7.13. The Morgan fingerprint density at radius 2 is 2.20 bits per heavy atom. The number of benzene rings is 1. The van der Waals surface area contributed by atoms with Crippen LogP contribution in [0.1, 0.15) is 19.4 Å². The number of rotatable bonds is 4. The van der Waals surface area contributed by atoms with Crippen LogP contribution in [0.15, 0.2) is 29.8 Å². The molecule has 1 aromatic carbocycles. The van der Waals surface area contributed by atoms with Gasteiger partial charge in [0.05, 0.1) is 6.61 Å². The lowest BCUT2D eigenvalue weighted by Gasteiger charge is -2.08. The smallest absolute Gasteiger partial charge is 0.125 e. The van der Waals surface area contributed by atoms with Crippen molar-refractivity contribution in [3.63, 3.8) is 0 Å². The Bertz CT molecular complexity index is 355. The molecule has 0 aromatic heterocycles. The van der Waals surface area contributed by atoms with E-state index < -0.39 is 0 Å². The van der Waals surface area contributed by atoms with Crippen molar-refractivity contribution in [3.05, 3.63) is 40.4 Å². The van der Waals surface area contributed by atoms with Crippen molar-refractivity contribution >= 4 is 11.6 Å². The van der Waals surface area contributed by atoms with E-state index in [1.807, 2.05) is 19.9 Å². The monoisotopic (exact) mass is 226 g/mol. The summed E-state index contributed by atoms with van der Waals surface area (Å²) in [5.74, 6) is 0.680. The van der Waals surface area contributed by atoms with Crippen LogP contribution in [-0.4, -0.2) is 11.7 Å². The number of hydrogen-bond donors (Lipinski definition) is 1. The van der Waals surface area contributed by atoms with E-state index in [4.69, 9.17) is 21.4 Å². The summed E-state index contributed by atoms with van der Waals surface area (Å²) in [5.41, 5.74) is 1.92. The largest absolute Gasteiger partial charge is 0.489 e. The maximum absolute atomic E-state index is 9.10. The van der Waals surface area contributed by atoms with Crippen LogP contribution in [0.4, 0.5) is 0 Å². The second-order valence-electron chi connectivity index (χ2n) is 3.50. The molecule has 3 heteroatoms.